The average Bonchev–Trinajstić information content (AvgIpc) is 3.69. The third kappa shape index (κ3) is 77.0. The minimum Gasteiger partial charge on any atom is -0.466 e. The molecule has 0 aliphatic carbocycles. The summed E-state index contributed by atoms with van der Waals surface area (Å²) < 4.78 is 5.48. The van der Waals surface area contributed by atoms with E-state index >= 15 is 0 Å². The molecule has 0 radical (unpaired) electrons. The molecule has 0 spiro atoms. The van der Waals surface area contributed by atoms with Gasteiger partial charge in [-0.05, 0) is 83.5 Å². The van der Waals surface area contributed by atoms with Gasteiger partial charge in [0, 0.05) is 12.8 Å². The van der Waals surface area contributed by atoms with Crippen molar-refractivity contribution in [3.63, 3.8) is 0 Å². The Balaban J connectivity index is 3.36. The first kappa shape index (κ1) is 89.1. The number of unbranched alkanes of at least 4 members (excludes halogenated alkanes) is 62. The highest BCUT2D eigenvalue weighted by atomic mass is 16.5. The van der Waals surface area contributed by atoms with Crippen molar-refractivity contribution in [3.8, 4) is 0 Å². The Morgan fingerprint density at radius 3 is 0.868 bits per heavy atom. The highest BCUT2D eigenvalue weighted by Gasteiger charge is 2.20. The number of carbonyl (C=O) groups is 2. The zero-order chi connectivity index (χ0) is 65.6. The Morgan fingerprint density at radius 1 is 0.308 bits per heavy atom. The van der Waals surface area contributed by atoms with Crippen LogP contribution >= 0.6 is 0 Å². The second kappa shape index (κ2) is 80.5. The standard InChI is InChI=1S/C85H163NO5/c1-3-5-7-9-11-13-15-17-18-19-20-21-39-42-45-48-51-54-57-61-65-69-73-77-83(88)82(81-87)86-84(89)78-74-70-66-62-58-55-52-49-46-43-40-37-35-33-31-29-27-25-23-22-24-26-28-30-32-34-36-38-41-44-47-50-53-56-60-64-68-72-76-80-91-85(90)79-75-71-67-63-59-16-14-12-10-8-6-4-2/h12,14,22-23,26,28,82-83,87-88H,3-11,13,15-21,24-25,27,29-81H2,1-2H3,(H,86,89)/b14-12-,23-22-,28-26-. The van der Waals surface area contributed by atoms with Gasteiger partial charge in [0.05, 0.1) is 25.4 Å². The van der Waals surface area contributed by atoms with E-state index in [1.165, 1.54) is 385 Å². The van der Waals surface area contributed by atoms with Crippen LogP contribution in [0.2, 0.25) is 0 Å². The van der Waals surface area contributed by atoms with Crippen molar-refractivity contribution in [1.29, 1.82) is 0 Å². The summed E-state index contributed by atoms with van der Waals surface area (Å²) in [4.78, 5) is 24.6. The normalized spacial score (nSPS) is 12.6. The number of aliphatic hydroxyl groups is 2. The van der Waals surface area contributed by atoms with E-state index < -0.39 is 12.1 Å². The molecule has 538 valence electrons. The number of rotatable bonds is 79. The first-order valence-electron chi connectivity index (χ1n) is 41.7. The van der Waals surface area contributed by atoms with Gasteiger partial charge in [0.25, 0.3) is 0 Å². The first-order chi connectivity index (χ1) is 45.0. The van der Waals surface area contributed by atoms with E-state index in [4.69, 9.17) is 4.74 Å². The average molecular weight is 1280 g/mol. The van der Waals surface area contributed by atoms with Crippen LogP contribution in [0.4, 0.5) is 0 Å². The van der Waals surface area contributed by atoms with E-state index in [0.717, 1.165) is 51.4 Å². The number of aliphatic hydroxyl groups excluding tert-OH is 2. The Hall–Kier alpha value is -1.92. The summed E-state index contributed by atoms with van der Waals surface area (Å²) in [5.74, 6) is -0.0154. The molecule has 0 saturated heterocycles. The zero-order valence-electron chi connectivity index (χ0n) is 61.9. The summed E-state index contributed by atoms with van der Waals surface area (Å²) in [6.45, 7) is 4.98. The van der Waals surface area contributed by atoms with E-state index in [1.54, 1.807) is 0 Å². The van der Waals surface area contributed by atoms with E-state index in [-0.39, 0.29) is 18.5 Å². The zero-order valence-corrected chi connectivity index (χ0v) is 61.9. The van der Waals surface area contributed by atoms with Gasteiger partial charge in [0.2, 0.25) is 5.91 Å². The number of esters is 1. The van der Waals surface area contributed by atoms with Gasteiger partial charge in [-0.2, -0.15) is 0 Å². The lowest BCUT2D eigenvalue weighted by Gasteiger charge is -2.22. The molecule has 2 atom stereocenters. The molecule has 0 bridgehead atoms. The van der Waals surface area contributed by atoms with Gasteiger partial charge in [-0.15, -0.1) is 0 Å². The summed E-state index contributed by atoms with van der Waals surface area (Å²) in [6, 6.07) is -0.541. The van der Waals surface area contributed by atoms with Crippen LogP contribution < -0.4 is 5.32 Å². The lowest BCUT2D eigenvalue weighted by Crippen LogP contribution is -2.45. The molecule has 6 nitrogen and oxygen atoms in total. The van der Waals surface area contributed by atoms with Crippen LogP contribution in [0.3, 0.4) is 0 Å². The summed E-state index contributed by atoms with van der Waals surface area (Å²) in [5.41, 5.74) is 0. The molecule has 0 fully saturated rings. The molecule has 0 aromatic carbocycles. The lowest BCUT2D eigenvalue weighted by molar-refractivity contribution is -0.143. The lowest BCUT2D eigenvalue weighted by atomic mass is 10.0. The number of amides is 1. The quantitative estimate of drug-likeness (QED) is 0.0320. The SMILES string of the molecule is CCCCC/C=C\CCCCCCCC(=O)OCCCCCCCCCCCCCCCCC/C=C\C/C=C\CCCCCCCCCCCCCCCCCCCC(=O)NC(CO)C(O)CCCCCCCCCCCCCCCCCCCCCCCCC. The minimum absolute atomic E-state index is 0.0108. The van der Waals surface area contributed by atoms with Crippen molar-refractivity contribution >= 4 is 11.9 Å². The largest absolute Gasteiger partial charge is 0.466 e. The summed E-state index contributed by atoms with van der Waals surface area (Å²) >= 11 is 0. The molecule has 0 saturated carbocycles. The number of allylic oxidation sites excluding steroid dienone is 6. The van der Waals surface area contributed by atoms with Crippen molar-refractivity contribution in [3.05, 3.63) is 36.5 Å². The predicted octanol–water partition coefficient (Wildman–Crippen LogP) is 27.8. The second-order valence-corrected chi connectivity index (χ2v) is 28.8. The van der Waals surface area contributed by atoms with Gasteiger partial charge in [-0.3, -0.25) is 9.59 Å². The van der Waals surface area contributed by atoms with Gasteiger partial charge in [0.15, 0.2) is 0 Å². The van der Waals surface area contributed by atoms with Crippen molar-refractivity contribution in [2.75, 3.05) is 13.2 Å². The van der Waals surface area contributed by atoms with Crippen LogP contribution in [-0.2, 0) is 14.3 Å². The molecule has 0 aromatic rings. The summed E-state index contributed by atoms with van der Waals surface area (Å²) in [7, 11) is 0. The highest BCUT2D eigenvalue weighted by Crippen LogP contribution is 2.20. The molecule has 6 heteroatoms. The smallest absolute Gasteiger partial charge is 0.305 e. The topological polar surface area (TPSA) is 95.9 Å². The van der Waals surface area contributed by atoms with E-state index in [1.807, 2.05) is 0 Å². The van der Waals surface area contributed by atoms with E-state index in [0.29, 0.717) is 25.9 Å². The van der Waals surface area contributed by atoms with Gasteiger partial charge >= 0.3 is 5.97 Å². The van der Waals surface area contributed by atoms with Gasteiger partial charge in [0.1, 0.15) is 0 Å². The molecule has 0 aliphatic rings. The van der Waals surface area contributed by atoms with Crippen LogP contribution in [0.25, 0.3) is 0 Å². The Bertz CT molecular complexity index is 1470. The monoisotopic (exact) mass is 1280 g/mol. The minimum atomic E-state index is -0.664. The molecule has 0 heterocycles. The van der Waals surface area contributed by atoms with Crippen molar-refractivity contribution in [1.82, 2.24) is 5.32 Å². The molecule has 91 heavy (non-hydrogen) atoms. The molecule has 0 rings (SSSR count). The molecule has 3 N–H and O–H groups in total. The summed E-state index contributed by atoms with van der Waals surface area (Å²) in [6.07, 6.45) is 105. The third-order valence-electron chi connectivity index (χ3n) is 19.7. The van der Waals surface area contributed by atoms with Crippen LogP contribution in [-0.4, -0.2) is 47.4 Å². The van der Waals surface area contributed by atoms with Crippen molar-refractivity contribution in [2.24, 2.45) is 0 Å². The maximum Gasteiger partial charge on any atom is 0.305 e. The maximum absolute atomic E-state index is 12.6. The van der Waals surface area contributed by atoms with Gasteiger partial charge in [-0.1, -0.05) is 410 Å². The van der Waals surface area contributed by atoms with Crippen LogP contribution in [0.1, 0.15) is 470 Å². The Labute approximate surface area is 570 Å². The summed E-state index contributed by atoms with van der Waals surface area (Å²) in [5, 5.41) is 23.5. The van der Waals surface area contributed by atoms with E-state index in [9.17, 15) is 19.8 Å². The van der Waals surface area contributed by atoms with Crippen molar-refractivity contribution < 1.29 is 24.5 Å². The molecular formula is C85H163NO5. The fourth-order valence-corrected chi connectivity index (χ4v) is 13.3. The number of ether oxygens (including phenoxy) is 1. The highest BCUT2D eigenvalue weighted by molar-refractivity contribution is 5.76. The number of hydrogen-bond donors (Lipinski definition) is 3. The molecule has 1 amide bonds. The molecular weight excluding hydrogens is 1110 g/mol. The van der Waals surface area contributed by atoms with Gasteiger partial charge < -0.3 is 20.3 Å². The fourth-order valence-electron chi connectivity index (χ4n) is 13.3. The van der Waals surface area contributed by atoms with Crippen LogP contribution in [0.5, 0.6) is 0 Å². The van der Waals surface area contributed by atoms with Crippen LogP contribution in [0, 0.1) is 0 Å². The maximum atomic E-state index is 12.6. The molecule has 0 aromatic heterocycles. The molecule has 0 aliphatic heterocycles. The first-order valence-corrected chi connectivity index (χ1v) is 41.7. The molecule has 2 unspecified atom stereocenters. The Morgan fingerprint density at radius 2 is 0.549 bits per heavy atom. The van der Waals surface area contributed by atoms with Crippen molar-refractivity contribution in [2.45, 2.75) is 482 Å². The number of nitrogens with one attached hydrogen (secondary N) is 1. The third-order valence-corrected chi connectivity index (χ3v) is 19.7. The van der Waals surface area contributed by atoms with Gasteiger partial charge in [-0.25, -0.2) is 0 Å². The van der Waals surface area contributed by atoms with E-state index in [2.05, 4.69) is 55.6 Å². The number of carbonyl (C=O) groups excluding carboxylic acids is 2. The second-order valence-electron chi connectivity index (χ2n) is 28.8. The van der Waals surface area contributed by atoms with Crippen LogP contribution in [0.15, 0.2) is 36.5 Å². The Kier molecular flexibility index (Phi) is 78.8. The predicted molar refractivity (Wildman–Crippen MR) is 403 cm³/mol. The fraction of sp³-hybridized carbons (Fsp3) is 0.906. The number of hydrogen-bond acceptors (Lipinski definition) is 5.